The van der Waals surface area contributed by atoms with Crippen LogP contribution in [0.15, 0.2) is 42.5 Å². The summed E-state index contributed by atoms with van der Waals surface area (Å²) in [4.78, 5) is 12.2. The molecule has 0 aliphatic heterocycles. The van der Waals surface area contributed by atoms with Gasteiger partial charge in [-0.05, 0) is 37.1 Å². The fourth-order valence-corrected chi connectivity index (χ4v) is 3.52. The molecule has 0 radical (unpaired) electrons. The Morgan fingerprint density at radius 1 is 1.25 bits per heavy atom. The molecule has 2 aromatic rings. The van der Waals surface area contributed by atoms with E-state index in [9.17, 15) is 13.4 Å². The van der Waals surface area contributed by atoms with E-state index in [1.165, 1.54) is 18.2 Å². The second-order valence-electron chi connectivity index (χ2n) is 5.61. The first kappa shape index (κ1) is 18.6. The number of nitrogens with one attached hydrogen (secondary N) is 1. The predicted octanol–water partition coefficient (Wildman–Crippen LogP) is 3.74. The summed E-state index contributed by atoms with van der Waals surface area (Å²) in [6.45, 7) is 3.99. The zero-order valence-corrected chi connectivity index (χ0v) is 15.1. The lowest BCUT2D eigenvalue weighted by Gasteiger charge is -2.13. The molecule has 0 saturated carbocycles. The highest BCUT2D eigenvalue weighted by Gasteiger charge is 2.20. The molecule has 2 atom stereocenters. The average molecular weight is 368 g/mol. The van der Waals surface area contributed by atoms with Gasteiger partial charge in [-0.1, -0.05) is 47.5 Å². The maximum Gasteiger partial charge on any atom is 0.235 e. The Morgan fingerprint density at radius 2 is 1.92 bits per heavy atom. The van der Waals surface area contributed by atoms with Crippen LogP contribution in [0.25, 0.3) is 0 Å². The smallest absolute Gasteiger partial charge is 0.235 e. The van der Waals surface area contributed by atoms with Crippen LogP contribution in [0.1, 0.15) is 23.6 Å². The molecule has 0 aromatic heterocycles. The van der Waals surface area contributed by atoms with E-state index >= 15 is 0 Å². The molecule has 0 saturated heterocycles. The minimum Gasteiger partial charge on any atom is -0.351 e. The molecule has 0 fully saturated rings. The molecule has 2 rings (SSSR count). The molecule has 2 aromatic carbocycles. The van der Waals surface area contributed by atoms with Crippen molar-refractivity contribution < 1.29 is 13.4 Å². The number of aryl methyl sites for hydroxylation is 1. The Balaban J connectivity index is 1.91. The highest BCUT2D eigenvalue weighted by molar-refractivity contribution is 7.85. The molecule has 3 nitrogen and oxygen atoms in total. The zero-order valence-electron chi connectivity index (χ0n) is 13.5. The summed E-state index contributed by atoms with van der Waals surface area (Å²) in [5, 5.41) is 2.32. The fraction of sp³-hybridized carbons (Fsp3) is 0.278. The molecule has 2 unspecified atom stereocenters. The number of rotatable bonds is 6. The van der Waals surface area contributed by atoms with Crippen LogP contribution < -0.4 is 5.32 Å². The van der Waals surface area contributed by atoms with Crippen LogP contribution in [0.4, 0.5) is 4.39 Å². The first-order valence-electron chi connectivity index (χ1n) is 7.51. The second-order valence-corrected chi connectivity index (χ2v) is 7.77. The van der Waals surface area contributed by atoms with Gasteiger partial charge in [-0.3, -0.25) is 9.00 Å². The van der Waals surface area contributed by atoms with Crippen molar-refractivity contribution in [1.29, 1.82) is 0 Å². The Labute approximate surface area is 148 Å². The minimum atomic E-state index is -1.44. The van der Waals surface area contributed by atoms with Crippen molar-refractivity contribution in [2.75, 3.05) is 0 Å². The third kappa shape index (κ3) is 5.14. The van der Waals surface area contributed by atoms with E-state index in [1.54, 1.807) is 6.92 Å². The molecule has 0 aliphatic rings. The zero-order chi connectivity index (χ0) is 17.7. The van der Waals surface area contributed by atoms with Gasteiger partial charge >= 0.3 is 0 Å². The Hall–Kier alpha value is -1.72. The highest BCUT2D eigenvalue weighted by atomic mass is 35.5. The van der Waals surface area contributed by atoms with Gasteiger partial charge in [0.05, 0.1) is 5.75 Å². The number of hydrogen-bond donors (Lipinski definition) is 1. The number of amides is 1. The standard InChI is InChI=1S/C18H19ClFNO2S/c1-12-3-5-14(6-4-12)10-21-18(22)13(2)24(23)11-15-7-8-16(20)9-17(15)19/h3-9,13H,10-11H2,1-2H3,(H,21,22). The number of benzene rings is 2. The van der Waals surface area contributed by atoms with Gasteiger partial charge in [-0.15, -0.1) is 0 Å². The summed E-state index contributed by atoms with van der Waals surface area (Å²) in [7, 11) is -1.44. The molecule has 6 heteroatoms. The topological polar surface area (TPSA) is 46.2 Å². The van der Waals surface area contributed by atoms with Crippen molar-refractivity contribution in [2.24, 2.45) is 0 Å². The van der Waals surface area contributed by atoms with E-state index in [0.717, 1.165) is 11.1 Å². The van der Waals surface area contributed by atoms with Crippen LogP contribution in [0.5, 0.6) is 0 Å². The summed E-state index contributed by atoms with van der Waals surface area (Å²) in [5.74, 6) is -0.622. The van der Waals surface area contributed by atoms with E-state index in [4.69, 9.17) is 11.6 Å². The molecular weight excluding hydrogens is 349 g/mol. The Morgan fingerprint density at radius 3 is 2.54 bits per heavy atom. The summed E-state index contributed by atoms with van der Waals surface area (Å²) in [6.07, 6.45) is 0. The van der Waals surface area contributed by atoms with E-state index in [-0.39, 0.29) is 16.7 Å². The van der Waals surface area contributed by atoms with E-state index in [1.807, 2.05) is 31.2 Å². The summed E-state index contributed by atoms with van der Waals surface area (Å²) in [6, 6.07) is 11.8. The Bertz CT molecular complexity index is 749. The lowest BCUT2D eigenvalue weighted by atomic mass is 10.1. The van der Waals surface area contributed by atoms with Crippen molar-refractivity contribution in [3.05, 3.63) is 70.0 Å². The molecule has 0 spiro atoms. The normalized spacial score (nSPS) is 13.3. The molecule has 1 amide bonds. The SMILES string of the molecule is Cc1ccc(CNC(=O)C(C)S(=O)Cc2ccc(F)cc2Cl)cc1. The maximum atomic E-state index is 13.0. The predicted molar refractivity (Wildman–Crippen MR) is 95.7 cm³/mol. The van der Waals surface area contributed by atoms with Crippen LogP contribution in [0.3, 0.4) is 0 Å². The molecular formula is C18H19ClFNO2S. The van der Waals surface area contributed by atoms with Gasteiger partial charge in [0.1, 0.15) is 11.1 Å². The average Bonchev–Trinajstić information content (AvgIpc) is 2.55. The van der Waals surface area contributed by atoms with Gasteiger partial charge < -0.3 is 5.32 Å². The first-order valence-corrected chi connectivity index (χ1v) is 9.27. The van der Waals surface area contributed by atoms with Crippen molar-refractivity contribution in [3.63, 3.8) is 0 Å². The molecule has 0 aliphatic carbocycles. The van der Waals surface area contributed by atoms with Crippen LogP contribution in [0.2, 0.25) is 5.02 Å². The van der Waals surface area contributed by atoms with Crippen molar-refractivity contribution in [1.82, 2.24) is 5.32 Å². The molecule has 1 N–H and O–H groups in total. The van der Waals surface area contributed by atoms with Gasteiger partial charge in [-0.2, -0.15) is 0 Å². The maximum absolute atomic E-state index is 13.0. The quantitative estimate of drug-likeness (QED) is 0.845. The van der Waals surface area contributed by atoms with Gasteiger partial charge in [-0.25, -0.2) is 4.39 Å². The van der Waals surface area contributed by atoms with Crippen molar-refractivity contribution in [3.8, 4) is 0 Å². The van der Waals surface area contributed by atoms with Crippen molar-refractivity contribution >= 4 is 28.3 Å². The van der Waals surface area contributed by atoms with E-state index < -0.39 is 21.9 Å². The fourth-order valence-electron chi connectivity index (χ4n) is 2.08. The highest BCUT2D eigenvalue weighted by Crippen LogP contribution is 2.20. The summed E-state index contributed by atoms with van der Waals surface area (Å²) >= 11 is 5.94. The van der Waals surface area contributed by atoms with Crippen molar-refractivity contribution in [2.45, 2.75) is 31.4 Å². The third-order valence-corrected chi connectivity index (χ3v) is 5.61. The lowest BCUT2D eigenvalue weighted by molar-refractivity contribution is -0.120. The largest absolute Gasteiger partial charge is 0.351 e. The monoisotopic (exact) mass is 367 g/mol. The van der Waals surface area contributed by atoms with Crippen LogP contribution >= 0.6 is 11.6 Å². The second kappa shape index (κ2) is 8.40. The lowest BCUT2D eigenvalue weighted by Crippen LogP contribution is -2.35. The molecule has 0 bridgehead atoms. The number of hydrogen-bond acceptors (Lipinski definition) is 2. The van der Waals surface area contributed by atoms with Gasteiger partial charge in [0, 0.05) is 22.4 Å². The minimum absolute atomic E-state index is 0.109. The van der Waals surface area contributed by atoms with Gasteiger partial charge in [0.15, 0.2) is 0 Å². The van der Waals surface area contributed by atoms with Crippen LogP contribution in [-0.4, -0.2) is 15.4 Å². The molecule has 128 valence electrons. The van der Waals surface area contributed by atoms with Gasteiger partial charge in [0.25, 0.3) is 0 Å². The Kier molecular flexibility index (Phi) is 6.52. The summed E-state index contributed by atoms with van der Waals surface area (Å²) in [5.41, 5.74) is 2.69. The van der Waals surface area contributed by atoms with Crippen LogP contribution in [0, 0.1) is 12.7 Å². The number of carbonyl (C=O) groups excluding carboxylic acids is 1. The number of carbonyl (C=O) groups is 1. The molecule has 0 heterocycles. The van der Waals surface area contributed by atoms with E-state index in [2.05, 4.69) is 5.32 Å². The van der Waals surface area contributed by atoms with Crippen LogP contribution in [-0.2, 0) is 27.9 Å². The third-order valence-electron chi connectivity index (χ3n) is 3.66. The summed E-state index contributed by atoms with van der Waals surface area (Å²) < 4.78 is 25.4. The molecule has 24 heavy (non-hydrogen) atoms. The first-order chi connectivity index (χ1) is 11.4. The number of halogens is 2. The van der Waals surface area contributed by atoms with E-state index in [0.29, 0.717) is 12.1 Å². The van der Waals surface area contributed by atoms with Gasteiger partial charge in [0.2, 0.25) is 5.91 Å².